The molecule has 1 atom stereocenters. The van der Waals surface area contributed by atoms with E-state index >= 15 is 0 Å². The molecule has 3 rings (SSSR count). The van der Waals surface area contributed by atoms with Crippen LogP contribution < -0.4 is 10.1 Å². The van der Waals surface area contributed by atoms with Crippen molar-refractivity contribution in [2.24, 2.45) is 0 Å². The van der Waals surface area contributed by atoms with Crippen molar-refractivity contribution in [3.05, 3.63) is 65.9 Å². The van der Waals surface area contributed by atoms with E-state index < -0.39 is 6.10 Å². The number of ether oxygens (including phenoxy) is 1. The number of hydrogen-bond donors (Lipinski definition) is 2. The Bertz CT molecular complexity index is 733. The highest BCUT2D eigenvalue weighted by molar-refractivity contribution is 5.80. The fourth-order valence-electron chi connectivity index (χ4n) is 2.46. The van der Waals surface area contributed by atoms with Gasteiger partial charge in [-0.05, 0) is 23.8 Å². The van der Waals surface area contributed by atoms with Crippen molar-refractivity contribution in [1.82, 2.24) is 5.32 Å². The lowest BCUT2D eigenvalue weighted by atomic mass is 10.1. The highest BCUT2D eigenvalue weighted by Gasteiger charge is 2.09. The summed E-state index contributed by atoms with van der Waals surface area (Å²) in [6.07, 6.45) is 1.21. The van der Waals surface area contributed by atoms with E-state index in [1.807, 2.05) is 48.5 Å². The molecule has 3 aromatic rings. The summed E-state index contributed by atoms with van der Waals surface area (Å²) in [5.74, 6) is 0.786. The number of furan rings is 1. The minimum Gasteiger partial charge on any atom is -0.497 e. The summed E-state index contributed by atoms with van der Waals surface area (Å²) in [4.78, 5) is 0. The Labute approximate surface area is 129 Å². The number of nitrogens with one attached hydrogen (secondary N) is 1. The van der Waals surface area contributed by atoms with Crippen molar-refractivity contribution >= 4 is 11.0 Å². The zero-order valence-electron chi connectivity index (χ0n) is 12.5. The second-order valence-electron chi connectivity index (χ2n) is 5.18. The number of hydrogen-bond acceptors (Lipinski definition) is 4. The fourth-order valence-corrected chi connectivity index (χ4v) is 2.46. The van der Waals surface area contributed by atoms with Crippen LogP contribution in [0.3, 0.4) is 0 Å². The predicted octanol–water partition coefficient (Wildman–Crippen LogP) is 3.26. The molecular formula is C18H19NO3. The first-order valence-electron chi connectivity index (χ1n) is 7.26. The van der Waals surface area contributed by atoms with Crippen molar-refractivity contribution in [3.63, 3.8) is 0 Å². The lowest BCUT2D eigenvalue weighted by Crippen LogP contribution is -2.20. The van der Waals surface area contributed by atoms with Gasteiger partial charge < -0.3 is 19.6 Å². The van der Waals surface area contributed by atoms with Crippen LogP contribution in [0.15, 0.2) is 59.2 Å². The average Bonchev–Trinajstić information content (AvgIpc) is 2.98. The van der Waals surface area contributed by atoms with Crippen molar-refractivity contribution in [2.45, 2.75) is 12.6 Å². The van der Waals surface area contributed by atoms with Crippen molar-refractivity contribution in [1.29, 1.82) is 0 Å². The maximum absolute atomic E-state index is 10.2. The maximum Gasteiger partial charge on any atom is 0.134 e. The third-order valence-electron chi connectivity index (χ3n) is 3.71. The van der Waals surface area contributed by atoms with Gasteiger partial charge >= 0.3 is 0 Å². The second kappa shape index (κ2) is 6.64. The first kappa shape index (κ1) is 14.6. The van der Waals surface area contributed by atoms with Crippen LogP contribution in [0.5, 0.6) is 5.75 Å². The molecule has 2 aromatic carbocycles. The first-order chi connectivity index (χ1) is 10.8. The Kier molecular flexibility index (Phi) is 4.42. The van der Waals surface area contributed by atoms with E-state index in [1.54, 1.807) is 13.4 Å². The molecule has 2 N–H and O–H groups in total. The van der Waals surface area contributed by atoms with E-state index in [4.69, 9.17) is 9.15 Å². The van der Waals surface area contributed by atoms with Gasteiger partial charge in [0, 0.05) is 24.0 Å². The predicted molar refractivity (Wildman–Crippen MR) is 85.9 cm³/mol. The summed E-state index contributed by atoms with van der Waals surface area (Å²) in [7, 11) is 1.63. The quantitative estimate of drug-likeness (QED) is 0.733. The van der Waals surface area contributed by atoms with Gasteiger partial charge in [-0.15, -0.1) is 0 Å². The van der Waals surface area contributed by atoms with Gasteiger partial charge in [0.05, 0.1) is 19.5 Å². The van der Waals surface area contributed by atoms with Gasteiger partial charge in [0.2, 0.25) is 0 Å². The fraction of sp³-hybridized carbons (Fsp3) is 0.222. The molecule has 0 amide bonds. The van der Waals surface area contributed by atoms with Crippen molar-refractivity contribution in [3.8, 4) is 5.75 Å². The van der Waals surface area contributed by atoms with Crippen LogP contribution in [0, 0.1) is 0 Å². The Balaban J connectivity index is 1.58. The van der Waals surface area contributed by atoms with Gasteiger partial charge in [-0.2, -0.15) is 0 Å². The molecule has 1 heterocycles. The smallest absolute Gasteiger partial charge is 0.134 e. The van der Waals surface area contributed by atoms with Gasteiger partial charge in [-0.1, -0.05) is 30.3 Å². The molecule has 0 spiro atoms. The van der Waals surface area contributed by atoms with Crippen LogP contribution in [0.1, 0.15) is 17.2 Å². The van der Waals surface area contributed by atoms with Gasteiger partial charge in [0.25, 0.3) is 0 Å². The molecule has 0 aliphatic rings. The summed E-state index contributed by atoms with van der Waals surface area (Å²) in [6, 6.07) is 15.4. The molecule has 22 heavy (non-hydrogen) atoms. The number of fused-ring (bicyclic) bond motifs is 1. The number of aliphatic hydroxyl groups is 1. The summed E-state index contributed by atoms with van der Waals surface area (Å²) in [5, 5.41) is 14.6. The van der Waals surface area contributed by atoms with Crippen LogP contribution >= 0.6 is 0 Å². The van der Waals surface area contributed by atoms with Crippen LogP contribution in [-0.2, 0) is 6.54 Å². The summed E-state index contributed by atoms with van der Waals surface area (Å²) in [6.45, 7) is 1.13. The number of benzene rings is 2. The minimum absolute atomic E-state index is 0.478. The lowest BCUT2D eigenvalue weighted by Gasteiger charge is -2.12. The Morgan fingerprint density at radius 1 is 1.14 bits per heavy atom. The lowest BCUT2D eigenvalue weighted by molar-refractivity contribution is 0.174. The Hall–Kier alpha value is -2.30. The van der Waals surface area contributed by atoms with Gasteiger partial charge in [0.15, 0.2) is 0 Å². The molecule has 4 heteroatoms. The van der Waals surface area contributed by atoms with E-state index in [2.05, 4.69) is 5.32 Å². The zero-order chi connectivity index (χ0) is 15.4. The minimum atomic E-state index is -0.552. The highest BCUT2D eigenvalue weighted by Crippen LogP contribution is 2.21. The maximum atomic E-state index is 10.2. The summed E-state index contributed by atoms with van der Waals surface area (Å²) >= 11 is 0. The van der Waals surface area contributed by atoms with Gasteiger partial charge in [-0.25, -0.2) is 0 Å². The molecule has 114 valence electrons. The van der Waals surface area contributed by atoms with E-state index in [0.717, 1.165) is 27.8 Å². The zero-order valence-corrected chi connectivity index (χ0v) is 12.5. The van der Waals surface area contributed by atoms with E-state index in [-0.39, 0.29) is 0 Å². The van der Waals surface area contributed by atoms with E-state index in [1.165, 1.54) is 0 Å². The Morgan fingerprint density at radius 2 is 1.91 bits per heavy atom. The molecule has 0 saturated carbocycles. The van der Waals surface area contributed by atoms with E-state index in [9.17, 15) is 5.11 Å². The third kappa shape index (κ3) is 3.13. The number of para-hydroxylation sites is 1. The number of rotatable bonds is 6. The largest absolute Gasteiger partial charge is 0.497 e. The SMILES string of the molecule is COc1ccc(C(O)CNCc2coc3ccccc23)cc1. The molecule has 0 fully saturated rings. The van der Waals surface area contributed by atoms with Gasteiger partial charge in [0.1, 0.15) is 11.3 Å². The van der Waals surface area contributed by atoms with E-state index in [0.29, 0.717) is 13.1 Å². The van der Waals surface area contributed by atoms with Crippen molar-refractivity contribution in [2.75, 3.05) is 13.7 Å². The monoisotopic (exact) mass is 297 g/mol. The molecule has 0 radical (unpaired) electrons. The molecule has 0 bridgehead atoms. The summed E-state index contributed by atoms with van der Waals surface area (Å²) < 4.78 is 10.6. The average molecular weight is 297 g/mol. The first-order valence-corrected chi connectivity index (χ1v) is 7.26. The highest BCUT2D eigenvalue weighted by atomic mass is 16.5. The molecule has 0 aliphatic heterocycles. The number of methoxy groups -OCH3 is 1. The van der Waals surface area contributed by atoms with Crippen LogP contribution in [0.25, 0.3) is 11.0 Å². The van der Waals surface area contributed by atoms with Crippen LogP contribution in [0.2, 0.25) is 0 Å². The normalized spacial score (nSPS) is 12.5. The molecular weight excluding hydrogens is 278 g/mol. The summed E-state index contributed by atoms with van der Waals surface area (Å²) in [5.41, 5.74) is 2.85. The van der Waals surface area contributed by atoms with Crippen molar-refractivity contribution < 1.29 is 14.3 Å². The van der Waals surface area contributed by atoms with Gasteiger partial charge in [-0.3, -0.25) is 0 Å². The topological polar surface area (TPSA) is 54.6 Å². The molecule has 0 saturated heterocycles. The molecule has 0 aliphatic carbocycles. The number of aliphatic hydroxyl groups excluding tert-OH is 1. The molecule has 1 unspecified atom stereocenters. The standard InChI is InChI=1S/C18H19NO3/c1-21-15-8-6-13(7-9-15)17(20)11-19-10-14-12-22-18-5-3-2-4-16(14)18/h2-9,12,17,19-20H,10-11H2,1H3. The Morgan fingerprint density at radius 3 is 2.68 bits per heavy atom. The molecule has 4 nitrogen and oxygen atoms in total. The second-order valence-corrected chi connectivity index (χ2v) is 5.18. The molecule has 1 aromatic heterocycles. The van der Waals surface area contributed by atoms with Crippen LogP contribution in [-0.4, -0.2) is 18.8 Å². The third-order valence-corrected chi connectivity index (χ3v) is 3.71. The van der Waals surface area contributed by atoms with Crippen LogP contribution in [0.4, 0.5) is 0 Å².